The average molecular weight is 293 g/mol. The van der Waals surface area contributed by atoms with E-state index in [1.807, 2.05) is 0 Å². The number of carbonyl (C=O) groups excluding carboxylic acids is 2. The predicted octanol–water partition coefficient (Wildman–Crippen LogP) is 1.49. The molecule has 0 heterocycles. The van der Waals surface area contributed by atoms with Crippen molar-refractivity contribution in [3.05, 3.63) is 29.8 Å². The smallest absolute Gasteiger partial charge is 0.308 e. The fourth-order valence-corrected chi connectivity index (χ4v) is 1.59. The summed E-state index contributed by atoms with van der Waals surface area (Å²) in [6, 6.07) is 6.02. The molecule has 6 heteroatoms. The third-order valence-electron chi connectivity index (χ3n) is 3.14. The van der Waals surface area contributed by atoms with Crippen LogP contribution in [0.4, 0.5) is 0 Å². The van der Waals surface area contributed by atoms with E-state index in [1.165, 1.54) is 13.8 Å². The molecule has 114 valence electrons. The first kappa shape index (κ1) is 16.7. The van der Waals surface area contributed by atoms with E-state index in [0.29, 0.717) is 11.3 Å². The molecule has 0 saturated carbocycles. The number of aliphatic carboxylic acids is 1. The van der Waals surface area contributed by atoms with Gasteiger partial charge in [0.15, 0.2) is 12.4 Å². The van der Waals surface area contributed by atoms with Crippen molar-refractivity contribution >= 4 is 17.7 Å². The Morgan fingerprint density at radius 2 is 1.95 bits per heavy atom. The van der Waals surface area contributed by atoms with Crippen molar-refractivity contribution in [3.8, 4) is 5.75 Å². The standard InChI is InChI=1S/C15H19NO5/c1-9(15(19)20)10(2)16-14(18)8-21-13-6-4-5-12(7-13)11(3)17/h4-7,9-10H,8H2,1-3H3,(H,16,18)(H,19,20). The van der Waals surface area contributed by atoms with Crippen LogP contribution in [0.5, 0.6) is 5.75 Å². The van der Waals surface area contributed by atoms with Crippen LogP contribution in [-0.2, 0) is 9.59 Å². The van der Waals surface area contributed by atoms with Crippen LogP contribution in [0.2, 0.25) is 0 Å². The van der Waals surface area contributed by atoms with Crippen molar-refractivity contribution in [2.45, 2.75) is 26.8 Å². The van der Waals surface area contributed by atoms with E-state index in [9.17, 15) is 14.4 Å². The van der Waals surface area contributed by atoms with Gasteiger partial charge in [0.05, 0.1) is 5.92 Å². The highest BCUT2D eigenvalue weighted by Crippen LogP contribution is 2.13. The molecule has 0 aromatic heterocycles. The molecule has 0 fully saturated rings. The molecule has 2 atom stereocenters. The van der Waals surface area contributed by atoms with Gasteiger partial charge in [-0.3, -0.25) is 14.4 Å². The average Bonchev–Trinajstić information content (AvgIpc) is 2.44. The Balaban J connectivity index is 2.51. The SMILES string of the molecule is CC(=O)c1cccc(OCC(=O)NC(C)C(C)C(=O)O)c1. The highest BCUT2D eigenvalue weighted by Gasteiger charge is 2.21. The molecule has 2 N–H and O–H groups in total. The number of amides is 1. The number of benzene rings is 1. The Morgan fingerprint density at radius 1 is 1.29 bits per heavy atom. The zero-order valence-electron chi connectivity index (χ0n) is 12.3. The maximum Gasteiger partial charge on any atom is 0.308 e. The summed E-state index contributed by atoms with van der Waals surface area (Å²) in [6.45, 7) is 4.34. The van der Waals surface area contributed by atoms with Gasteiger partial charge in [0.25, 0.3) is 5.91 Å². The molecular formula is C15H19NO5. The zero-order chi connectivity index (χ0) is 16.0. The van der Waals surface area contributed by atoms with Crippen LogP contribution in [-0.4, -0.2) is 35.4 Å². The zero-order valence-corrected chi connectivity index (χ0v) is 12.3. The number of rotatable bonds is 7. The number of Topliss-reactive ketones (excluding diaryl/α,β-unsaturated/α-hetero) is 1. The third kappa shape index (κ3) is 5.25. The van der Waals surface area contributed by atoms with Gasteiger partial charge in [-0.05, 0) is 32.9 Å². The number of ketones is 1. The lowest BCUT2D eigenvalue weighted by molar-refractivity contribution is -0.142. The topological polar surface area (TPSA) is 92.7 Å². The number of carboxylic acid groups (broad SMARTS) is 1. The highest BCUT2D eigenvalue weighted by atomic mass is 16.5. The highest BCUT2D eigenvalue weighted by molar-refractivity contribution is 5.94. The van der Waals surface area contributed by atoms with E-state index in [-0.39, 0.29) is 12.4 Å². The monoisotopic (exact) mass is 293 g/mol. The van der Waals surface area contributed by atoms with Crippen LogP contribution in [0.1, 0.15) is 31.1 Å². The molecule has 6 nitrogen and oxygen atoms in total. The van der Waals surface area contributed by atoms with Gasteiger partial charge < -0.3 is 15.2 Å². The van der Waals surface area contributed by atoms with Gasteiger partial charge in [-0.15, -0.1) is 0 Å². The van der Waals surface area contributed by atoms with Crippen molar-refractivity contribution in [1.29, 1.82) is 0 Å². The van der Waals surface area contributed by atoms with Crippen LogP contribution >= 0.6 is 0 Å². The summed E-state index contributed by atoms with van der Waals surface area (Å²) in [4.78, 5) is 33.7. The van der Waals surface area contributed by atoms with E-state index < -0.39 is 23.8 Å². The lowest BCUT2D eigenvalue weighted by atomic mass is 10.0. The molecule has 0 spiro atoms. The molecule has 21 heavy (non-hydrogen) atoms. The lowest BCUT2D eigenvalue weighted by Gasteiger charge is -2.17. The van der Waals surface area contributed by atoms with Gasteiger partial charge in [-0.2, -0.15) is 0 Å². The Kier molecular flexibility index (Phi) is 5.90. The second-order valence-corrected chi connectivity index (χ2v) is 4.86. The van der Waals surface area contributed by atoms with Crippen LogP contribution in [0.3, 0.4) is 0 Å². The van der Waals surface area contributed by atoms with Gasteiger partial charge in [0.1, 0.15) is 5.75 Å². The van der Waals surface area contributed by atoms with Crippen LogP contribution < -0.4 is 10.1 Å². The fraction of sp³-hybridized carbons (Fsp3) is 0.400. The minimum absolute atomic E-state index is 0.0891. The maximum atomic E-state index is 11.7. The lowest BCUT2D eigenvalue weighted by Crippen LogP contribution is -2.42. The normalized spacial score (nSPS) is 13.1. The van der Waals surface area contributed by atoms with Crippen LogP contribution in [0.25, 0.3) is 0 Å². The van der Waals surface area contributed by atoms with Crippen molar-refractivity contribution in [2.24, 2.45) is 5.92 Å². The summed E-state index contributed by atoms with van der Waals surface area (Å²) >= 11 is 0. The molecule has 1 aromatic carbocycles. The fourth-order valence-electron chi connectivity index (χ4n) is 1.59. The first-order valence-corrected chi connectivity index (χ1v) is 6.57. The van der Waals surface area contributed by atoms with E-state index in [1.54, 1.807) is 31.2 Å². The maximum absolute atomic E-state index is 11.7. The quantitative estimate of drug-likeness (QED) is 0.743. The summed E-state index contributed by atoms with van der Waals surface area (Å²) in [7, 11) is 0. The molecule has 0 radical (unpaired) electrons. The largest absolute Gasteiger partial charge is 0.484 e. The van der Waals surface area contributed by atoms with Crippen LogP contribution in [0.15, 0.2) is 24.3 Å². The number of ether oxygens (including phenoxy) is 1. The molecule has 1 amide bonds. The minimum atomic E-state index is -0.974. The van der Waals surface area contributed by atoms with E-state index in [0.717, 1.165) is 0 Å². The third-order valence-corrected chi connectivity index (χ3v) is 3.14. The number of hydrogen-bond donors (Lipinski definition) is 2. The van der Waals surface area contributed by atoms with Gasteiger partial charge in [0, 0.05) is 11.6 Å². The first-order valence-electron chi connectivity index (χ1n) is 6.57. The molecule has 1 rings (SSSR count). The molecule has 0 saturated heterocycles. The summed E-state index contributed by atoms with van der Waals surface area (Å²) in [6.07, 6.45) is 0. The van der Waals surface area contributed by atoms with Crippen molar-refractivity contribution in [3.63, 3.8) is 0 Å². The van der Waals surface area contributed by atoms with Gasteiger partial charge in [0.2, 0.25) is 0 Å². The number of carboxylic acids is 1. The van der Waals surface area contributed by atoms with Crippen LogP contribution in [0, 0.1) is 5.92 Å². The van der Waals surface area contributed by atoms with E-state index in [4.69, 9.17) is 9.84 Å². The summed E-state index contributed by atoms with van der Waals surface area (Å²) in [5.74, 6) is -1.75. The van der Waals surface area contributed by atoms with Crippen molar-refractivity contribution < 1.29 is 24.2 Å². The molecule has 0 bridgehead atoms. The molecule has 0 aliphatic carbocycles. The van der Waals surface area contributed by atoms with Gasteiger partial charge in [-0.25, -0.2) is 0 Å². The molecule has 2 unspecified atom stereocenters. The molecule has 1 aromatic rings. The number of hydrogen-bond acceptors (Lipinski definition) is 4. The van der Waals surface area contributed by atoms with Gasteiger partial charge >= 0.3 is 5.97 Å². The Morgan fingerprint density at radius 3 is 2.52 bits per heavy atom. The second kappa shape index (κ2) is 7.42. The molecular weight excluding hydrogens is 274 g/mol. The summed E-state index contributed by atoms with van der Waals surface area (Å²) in [5.41, 5.74) is 0.501. The summed E-state index contributed by atoms with van der Waals surface area (Å²) < 4.78 is 5.29. The van der Waals surface area contributed by atoms with E-state index in [2.05, 4.69) is 5.32 Å². The van der Waals surface area contributed by atoms with E-state index >= 15 is 0 Å². The number of carbonyl (C=O) groups is 3. The van der Waals surface area contributed by atoms with Crippen molar-refractivity contribution in [1.82, 2.24) is 5.32 Å². The first-order chi connectivity index (χ1) is 9.81. The molecule has 0 aliphatic heterocycles. The Hall–Kier alpha value is -2.37. The summed E-state index contributed by atoms with van der Waals surface area (Å²) in [5, 5.41) is 11.4. The predicted molar refractivity (Wildman–Crippen MR) is 76.3 cm³/mol. The number of nitrogens with one attached hydrogen (secondary N) is 1. The Bertz CT molecular complexity index is 541. The minimum Gasteiger partial charge on any atom is -0.484 e. The Labute approximate surface area is 123 Å². The molecule has 0 aliphatic rings. The second-order valence-electron chi connectivity index (χ2n) is 4.86. The van der Waals surface area contributed by atoms with Crippen molar-refractivity contribution in [2.75, 3.05) is 6.61 Å². The van der Waals surface area contributed by atoms with Gasteiger partial charge in [-0.1, -0.05) is 12.1 Å².